The molecule has 2 saturated heterocycles. The van der Waals surface area contributed by atoms with Crippen LogP contribution in [-0.4, -0.2) is 70.6 Å². The van der Waals surface area contributed by atoms with Gasteiger partial charge < -0.3 is 20.3 Å². The van der Waals surface area contributed by atoms with Crippen molar-refractivity contribution in [2.24, 2.45) is 11.7 Å². The largest absolute Gasteiger partial charge is 0.370 e. The summed E-state index contributed by atoms with van der Waals surface area (Å²) in [7, 11) is -4.03. The summed E-state index contributed by atoms with van der Waals surface area (Å²) in [5.41, 5.74) is 6.87. The molecule has 1 aromatic rings. The maximum atomic E-state index is 13.3. The van der Waals surface area contributed by atoms with Crippen LogP contribution in [0.5, 0.6) is 0 Å². The van der Waals surface area contributed by atoms with E-state index in [1.807, 2.05) is 6.92 Å². The lowest BCUT2D eigenvalue weighted by atomic mass is 9.99. The number of sulfonamides is 1. The molecule has 3 N–H and O–H groups in total. The van der Waals surface area contributed by atoms with Crippen molar-refractivity contribution in [3.05, 3.63) is 23.8 Å². The Morgan fingerprint density at radius 1 is 1.29 bits per heavy atom. The summed E-state index contributed by atoms with van der Waals surface area (Å²) in [6.07, 6.45) is 2.19. The van der Waals surface area contributed by atoms with Gasteiger partial charge in [0.1, 0.15) is 12.6 Å². The highest BCUT2D eigenvalue weighted by Crippen LogP contribution is 2.29. The summed E-state index contributed by atoms with van der Waals surface area (Å²) in [5.74, 6) is 0.0446. The second-order valence-electron chi connectivity index (χ2n) is 8.12. The second kappa shape index (κ2) is 10.1. The SMILES string of the molecule is CCc1c(N2CCOCC2=O)cccc1S(=O)(=O)N[C@@H](CN)C(=O)N1CCC(C)CC1. The Kier molecular flexibility index (Phi) is 7.68. The fraction of sp³-hybridized carbons (Fsp3) is 0.619. The molecular weight excluding hydrogens is 420 g/mol. The topological polar surface area (TPSA) is 122 Å². The minimum Gasteiger partial charge on any atom is -0.370 e. The number of morpholine rings is 1. The Bertz CT molecular complexity index is 912. The number of likely N-dealkylation sites (tertiary alicyclic amines) is 1. The van der Waals surface area contributed by atoms with Gasteiger partial charge in [-0.1, -0.05) is 19.9 Å². The Morgan fingerprint density at radius 2 is 2.00 bits per heavy atom. The molecule has 1 atom stereocenters. The molecule has 1 aromatic carbocycles. The first-order chi connectivity index (χ1) is 14.8. The van der Waals surface area contributed by atoms with E-state index in [-0.39, 0.29) is 29.9 Å². The van der Waals surface area contributed by atoms with Gasteiger partial charge in [-0.25, -0.2) is 8.42 Å². The predicted molar refractivity (Wildman–Crippen MR) is 117 cm³/mol. The number of hydrogen-bond donors (Lipinski definition) is 2. The molecule has 10 heteroatoms. The molecule has 2 fully saturated rings. The van der Waals surface area contributed by atoms with Crippen molar-refractivity contribution in [2.75, 3.05) is 44.3 Å². The Morgan fingerprint density at radius 3 is 2.61 bits per heavy atom. The Labute approximate surface area is 184 Å². The molecule has 0 bridgehead atoms. The summed E-state index contributed by atoms with van der Waals surface area (Å²) >= 11 is 0. The van der Waals surface area contributed by atoms with Crippen molar-refractivity contribution in [3.63, 3.8) is 0 Å². The lowest BCUT2D eigenvalue weighted by Crippen LogP contribution is -2.53. The van der Waals surface area contributed by atoms with Crippen molar-refractivity contribution < 1.29 is 22.7 Å². The van der Waals surface area contributed by atoms with Crippen LogP contribution >= 0.6 is 0 Å². The summed E-state index contributed by atoms with van der Waals surface area (Å²) in [4.78, 5) is 28.5. The third kappa shape index (κ3) is 5.25. The van der Waals surface area contributed by atoms with Crippen LogP contribution in [0, 0.1) is 5.92 Å². The molecule has 172 valence electrons. The minimum atomic E-state index is -4.03. The van der Waals surface area contributed by atoms with E-state index < -0.39 is 16.1 Å². The van der Waals surface area contributed by atoms with Gasteiger partial charge in [0.05, 0.1) is 11.5 Å². The fourth-order valence-electron chi connectivity index (χ4n) is 4.09. The predicted octanol–water partition coefficient (Wildman–Crippen LogP) is 0.476. The lowest BCUT2D eigenvalue weighted by Gasteiger charge is -2.33. The molecule has 31 heavy (non-hydrogen) atoms. The average molecular weight is 453 g/mol. The zero-order valence-corrected chi connectivity index (χ0v) is 19.0. The number of anilines is 1. The van der Waals surface area contributed by atoms with Crippen molar-refractivity contribution in [1.29, 1.82) is 0 Å². The van der Waals surface area contributed by atoms with Gasteiger partial charge in [-0.05, 0) is 42.9 Å². The summed E-state index contributed by atoms with van der Waals surface area (Å²) in [6.45, 7) is 5.78. The van der Waals surface area contributed by atoms with E-state index in [9.17, 15) is 18.0 Å². The van der Waals surface area contributed by atoms with Crippen molar-refractivity contribution in [1.82, 2.24) is 9.62 Å². The second-order valence-corrected chi connectivity index (χ2v) is 9.81. The number of benzene rings is 1. The summed E-state index contributed by atoms with van der Waals surface area (Å²) < 4.78 is 34.2. The van der Waals surface area contributed by atoms with Gasteiger partial charge in [0.15, 0.2) is 0 Å². The van der Waals surface area contributed by atoms with Crippen LogP contribution in [0.1, 0.15) is 32.3 Å². The summed E-state index contributed by atoms with van der Waals surface area (Å²) in [6, 6.07) is 3.81. The van der Waals surface area contributed by atoms with Crippen LogP contribution < -0.4 is 15.4 Å². The van der Waals surface area contributed by atoms with Crippen LogP contribution in [0.4, 0.5) is 5.69 Å². The smallest absolute Gasteiger partial charge is 0.253 e. The summed E-state index contributed by atoms with van der Waals surface area (Å²) in [5, 5.41) is 0. The maximum Gasteiger partial charge on any atom is 0.253 e. The number of nitrogens with one attached hydrogen (secondary N) is 1. The van der Waals surface area contributed by atoms with E-state index >= 15 is 0 Å². The molecule has 9 nitrogen and oxygen atoms in total. The fourth-order valence-corrected chi connectivity index (χ4v) is 5.62. The van der Waals surface area contributed by atoms with Crippen LogP contribution in [0.3, 0.4) is 0 Å². The Hall–Kier alpha value is -2.01. The number of rotatable bonds is 7. The maximum absolute atomic E-state index is 13.3. The third-order valence-corrected chi connectivity index (χ3v) is 7.51. The van der Waals surface area contributed by atoms with E-state index in [1.165, 1.54) is 6.07 Å². The first-order valence-corrected chi connectivity index (χ1v) is 12.3. The van der Waals surface area contributed by atoms with Crippen LogP contribution in [0.2, 0.25) is 0 Å². The number of amides is 2. The van der Waals surface area contributed by atoms with Crippen molar-refractivity contribution in [3.8, 4) is 0 Å². The van der Waals surface area contributed by atoms with E-state index in [4.69, 9.17) is 10.5 Å². The highest BCUT2D eigenvalue weighted by molar-refractivity contribution is 7.89. The number of ether oxygens (including phenoxy) is 1. The van der Waals surface area contributed by atoms with Crippen LogP contribution in [0.25, 0.3) is 0 Å². The molecule has 0 radical (unpaired) electrons. The number of piperidine rings is 1. The number of hydrogen-bond acceptors (Lipinski definition) is 6. The standard InChI is InChI=1S/C21H32N4O5S/c1-3-16-18(25-11-12-30-14-20(25)26)5-4-6-19(16)31(28,29)23-17(13-22)21(27)24-9-7-15(2)8-10-24/h4-6,15,17,23H,3,7-14,22H2,1-2H3/t17-/m0/s1. The zero-order chi connectivity index (χ0) is 22.6. The quantitative estimate of drug-likeness (QED) is 0.620. The number of carbonyl (C=O) groups is 2. The molecule has 3 rings (SSSR count). The average Bonchev–Trinajstić information content (AvgIpc) is 2.77. The molecule has 2 amide bonds. The van der Waals surface area contributed by atoms with E-state index in [0.29, 0.717) is 49.8 Å². The van der Waals surface area contributed by atoms with Gasteiger partial charge in [0.25, 0.3) is 5.91 Å². The lowest BCUT2D eigenvalue weighted by molar-refractivity contribution is -0.134. The van der Waals surface area contributed by atoms with Gasteiger partial charge in [-0.2, -0.15) is 4.72 Å². The highest BCUT2D eigenvalue weighted by atomic mass is 32.2. The minimum absolute atomic E-state index is 0.0312. The first-order valence-electron chi connectivity index (χ1n) is 10.8. The van der Waals surface area contributed by atoms with E-state index in [1.54, 1.807) is 21.9 Å². The van der Waals surface area contributed by atoms with Crippen LogP contribution in [-0.2, 0) is 30.8 Å². The van der Waals surface area contributed by atoms with Crippen molar-refractivity contribution in [2.45, 2.75) is 44.0 Å². The van der Waals surface area contributed by atoms with Gasteiger partial charge in [0.2, 0.25) is 15.9 Å². The number of carbonyl (C=O) groups excluding carboxylic acids is 2. The molecule has 0 aromatic heterocycles. The normalized spacial score (nSPS) is 19.5. The van der Waals surface area contributed by atoms with E-state index in [2.05, 4.69) is 11.6 Å². The van der Waals surface area contributed by atoms with E-state index in [0.717, 1.165) is 12.8 Å². The molecule has 0 saturated carbocycles. The van der Waals surface area contributed by atoms with Crippen molar-refractivity contribution >= 4 is 27.5 Å². The molecular formula is C21H32N4O5S. The first kappa shape index (κ1) is 23.6. The third-order valence-electron chi connectivity index (χ3n) is 5.95. The molecule has 0 spiro atoms. The molecule has 2 aliphatic rings. The highest BCUT2D eigenvalue weighted by Gasteiger charge is 2.32. The molecule has 2 aliphatic heterocycles. The monoisotopic (exact) mass is 452 g/mol. The molecule has 0 aliphatic carbocycles. The van der Waals surface area contributed by atoms with Crippen LogP contribution in [0.15, 0.2) is 23.1 Å². The van der Waals surface area contributed by atoms with Gasteiger partial charge >= 0.3 is 0 Å². The molecule has 2 heterocycles. The van der Waals surface area contributed by atoms with Gasteiger partial charge in [0, 0.05) is 31.9 Å². The van der Waals surface area contributed by atoms with Gasteiger partial charge in [-0.15, -0.1) is 0 Å². The Balaban J connectivity index is 1.86. The molecule has 0 unspecified atom stereocenters. The zero-order valence-electron chi connectivity index (χ0n) is 18.2. The van der Waals surface area contributed by atoms with Gasteiger partial charge in [-0.3, -0.25) is 9.59 Å². The number of nitrogens with two attached hydrogens (primary N) is 1. The number of nitrogens with zero attached hydrogens (tertiary/aromatic N) is 2.